The Labute approximate surface area is 119 Å². The first kappa shape index (κ1) is 14.4. The number of hydrogen-bond acceptors (Lipinski definition) is 6. The molecule has 20 heavy (non-hydrogen) atoms. The molecule has 0 radical (unpaired) electrons. The van der Waals surface area contributed by atoms with Crippen molar-refractivity contribution in [3.8, 4) is 0 Å². The Balaban J connectivity index is 2.24. The second-order valence-electron chi connectivity index (χ2n) is 4.51. The largest absolute Gasteiger partial charge is 0.360 e. The molecule has 0 aliphatic carbocycles. The van der Waals surface area contributed by atoms with E-state index in [1.807, 2.05) is 0 Å². The van der Waals surface area contributed by atoms with Gasteiger partial charge in [-0.05, 0) is 20.3 Å². The molecule has 0 amide bonds. The molecule has 2 rings (SSSR count). The Morgan fingerprint density at radius 2 is 2.00 bits per heavy atom. The first-order valence-electron chi connectivity index (χ1n) is 6.39. The molecular formula is C12H17N5O2S. The molecule has 2 N–H and O–H groups in total. The molecule has 2 heterocycles. The van der Waals surface area contributed by atoms with Gasteiger partial charge in [0.25, 0.3) is 11.1 Å². The maximum atomic E-state index is 12.1. The Hall–Kier alpha value is -1.96. The summed E-state index contributed by atoms with van der Waals surface area (Å²) in [5.74, 6) is 0. The number of rotatable bonds is 5. The molecule has 0 aliphatic heterocycles. The Morgan fingerprint density at radius 3 is 2.70 bits per heavy atom. The number of hydrogen-bond donors (Lipinski definition) is 2. The van der Waals surface area contributed by atoms with Crippen molar-refractivity contribution < 1.29 is 0 Å². The summed E-state index contributed by atoms with van der Waals surface area (Å²) in [5.41, 5.74) is 0.452. The standard InChI is InChI=1S/C12H17N5O2S/c1-4-5-13-12-15-14-9(20-12)6-17-11(19)8(3)7(2)10(18)16-17/h4-6H2,1-3H3,(H,13,15)(H,16,18). The van der Waals surface area contributed by atoms with E-state index in [0.29, 0.717) is 16.1 Å². The minimum absolute atomic E-state index is 0.208. The molecule has 8 heteroatoms. The van der Waals surface area contributed by atoms with Crippen LogP contribution in [0, 0.1) is 13.8 Å². The van der Waals surface area contributed by atoms with Crippen LogP contribution in [0.4, 0.5) is 5.13 Å². The van der Waals surface area contributed by atoms with Crippen LogP contribution in [0.3, 0.4) is 0 Å². The third-order valence-corrected chi connectivity index (χ3v) is 3.86. The van der Waals surface area contributed by atoms with E-state index in [4.69, 9.17) is 0 Å². The van der Waals surface area contributed by atoms with Crippen molar-refractivity contribution in [3.05, 3.63) is 36.8 Å². The topological polar surface area (TPSA) is 92.7 Å². The molecule has 0 aromatic carbocycles. The molecular weight excluding hydrogens is 278 g/mol. The van der Waals surface area contributed by atoms with Gasteiger partial charge >= 0.3 is 0 Å². The van der Waals surface area contributed by atoms with Gasteiger partial charge in [-0.3, -0.25) is 14.7 Å². The van der Waals surface area contributed by atoms with Crippen LogP contribution in [0.25, 0.3) is 0 Å². The van der Waals surface area contributed by atoms with E-state index >= 15 is 0 Å². The fourth-order valence-electron chi connectivity index (χ4n) is 1.66. The minimum Gasteiger partial charge on any atom is -0.360 e. The van der Waals surface area contributed by atoms with Gasteiger partial charge in [0.2, 0.25) is 5.13 Å². The van der Waals surface area contributed by atoms with Crippen molar-refractivity contribution in [3.63, 3.8) is 0 Å². The summed E-state index contributed by atoms with van der Waals surface area (Å²) >= 11 is 1.38. The molecule has 7 nitrogen and oxygen atoms in total. The first-order valence-corrected chi connectivity index (χ1v) is 7.21. The highest BCUT2D eigenvalue weighted by molar-refractivity contribution is 7.15. The normalized spacial score (nSPS) is 10.8. The van der Waals surface area contributed by atoms with Crippen molar-refractivity contribution in [2.75, 3.05) is 11.9 Å². The molecule has 108 valence electrons. The predicted molar refractivity (Wildman–Crippen MR) is 78.6 cm³/mol. The number of nitrogens with one attached hydrogen (secondary N) is 2. The SMILES string of the molecule is CCCNc1nnc(Cn2[nH]c(=O)c(C)c(C)c2=O)s1. The van der Waals surface area contributed by atoms with Crippen LogP contribution in [0.5, 0.6) is 0 Å². The molecule has 0 saturated carbocycles. The van der Waals surface area contributed by atoms with Crippen LogP contribution >= 0.6 is 11.3 Å². The lowest BCUT2D eigenvalue weighted by Crippen LogP contribution is -2.33. The summed E-state index contributed by atoms with van der Waals surface area (Å²) in [6.45, 7) is 6.40. The quantitative estimate of drug-likeness (QED) is 0.854. The number of H-pyrrole nitrogens is 1. The Bertz CT molecular complexity index is 715. The van der Waals surface area contributed by atoms with Gasteiger partial charge in [-0.1, -0.05) is 18.3 Å². The van der Waals surface area contributed by atoms with Crippen molar-refractivity contribution in [2.45, 2.75) is 33.7 Å². The average molecular weight is 295 g/mol. The summed E-state index contributed by atoms with van der Waals surface area (Å²) in [7, 11) is 0. The van der Waals surface area contributed by atoms with Gasteiger partial charge in [0.1, 0.15) is 5.01 Å². The second-order valence-corrected chi connectivity index (χ2v) is 5.57. The van der Waals surface area contributed by atoms with Gasteiger partial charge in [-0.25, -0.2) is 4.68 Å². The zero-order chi connectivity index (χ0) is 14.7. The third kappa shape index (κ3) is 2.96. The highest BCUT2D eigenvalue weighted by Crippen LogP contribution is 2.15. The van der Waals surface area contributed by atoms with E-state index in [0.717, 1.165) is 18.1 Å². The number of nitrogens with zero attached hydrogens (tertiary/aromatic N) is 3. The van der Waals surface area contributed by atoms with Gasteiger partial charge in [0.05, 0.1) is 6.54 Å². The molecule has 2 aromatic rings. The summed E-state index contributed by atoms with van der Waals surface area (Å²) in [6, 6.07) is 0. The smallest absolute Gasteiger partial charge is 0.268 e. The van der Waals surface area contributed by atoms with Crippen LogP contribution in [-0.2, 0) is 6.54 Å². The van der Waals surface area contributed by atoms with Crippen molar-refractivity contribution in [2.24, 2.45) is 0 Å². The van der Waals surface area contributed by atoms with E-state index in [2.05, 4.69) is 27.5 Å². The highest BCUT2D eigenvalue weighted by atomic mass is 32.1. The fraction of sp³-hybridized carbons (Fsp3) is 0.500. The van der Waals surface area contributed by atoms with Crippen molar-refractivity contribution in [1.29, 1.82) is 0 Å². The van der Waals surface area contributed by atoms with Gasteiger partial charge < -0.3 is 5.32 Å². The lowest BCUT2D eigenvalue weighted by Gasteiger charge is -2.05. The highest BCUT2D eigenvalue weighted by Gasteiger charge is 2.10. The van der Waals surface area contributed by atoms with Crippen LogP contribution in [0.2, 0.25) is 0 Å². The minimum atomic E-state index is -0.254. The van der Waals surface area contributed by atoms with E-state index in [1.54, 1.807) is 13.8 Å². The number of aromatic amines is 1. The van der Waals surface area contributed by atoms with Crippen molar-refractivity contribution in [1.82, 2.24) is 20.0 Å². The van der Waals surface area contributed by atoms with E-state index in [9.17, 15) is 9.59 Å². The Morgan fingerprint density at radius 1 is 1.25 bits per heavy atom. The maximum Gasteiger partial charge on any atom is 0.268 e. The first-order chi connectivity index (χ1) is 9.52. The zero-order valence-corrected chi connectivity index (χ0v) is 12.5. The van der Waals surface area contributed by atoms with Gasteiger partial charge in [0.15, 0.2) is 0 Å². The van der Waals surface area contributed by atoms with E-state index < -0.39 is 0 Å². The van der Waals surface area contributed by atoms with E-state index in [1.165, 1.54) is 16.0 Å². The van der Waals surface area contributed by atoms with Gasteiger partial charge in [0, 0.05) is 17.7 Å². The van der Waals surface area contributed by atoms with Crippen LogP contribution in [-0.4, -0.2) is 26.5 Å². The van der Waals surface area contributed by atoms with Gasteiger partial charge in [-0.15, -0.1) is 10.2 Å². The lowest BCUT2D eigenvalue weighted by molar-refractivity contribution is 0.612. The van der Waals surface area contributed by atoms with Crippen LogP contribution in [0.15, 0.2) is 9.59 Å². The summed E-state index contributed by atoms with van der Waals surface area (Å²) in [5, 5.41) is 15.1. The lowest BCUT2D eigenvalue weighted by atomic mass is 10.2. The molecule has 0 bridgehead atoms. The summed E-state index contributed by atoms with van der Waals surface area (Å²) in [4.78, 5) is 23.7. The molecule has 2 aromatic heterocycles. The Kier molecular flexibility index (Phi) is 4.33. The number of aromatic nitrogens is 4. The van der Waals surface area contributed by atoms with Crippen LogP contribution in [0.1, 0.15) is 29.5 Å². The second kappa shape index (κ2) is 6.00. The van der Waals surface area contributed by atoms with Crippen LogP contribution < -0.4 is 16.4 Å². The summed E-state index contributed by atoms with van der Waals surface area (Å²) in [6.07, 6.45) is 0.999. The monoisotopic (exact) mass is 295 g/mol. The number of anilines is 1. The average Bonchev–Trinajstić information content (AvgIpc) is 2.87. The van der Waals surface area contributed by atoms with Crippen molar-refractivity contribution >= 4 is 16.5 Å². The maximum absolute atomic E-state index is 12.1. The zero-order valence-electron chi connectivity index (χ0n) is 11.7. The molecule has 0 saturated heterocycles. The third-order valence-electron chi connectivity index (χ3n) is 2.99. The molecule has 0 fully saturated rings. The molecule has 0 aliphatic rings. The van der Waals surface area contributed by atoms with Gasteiger partial charge in [-0.2, -0.15) is 0 Å². The molecule has 0 spiro atoms. The molecule has 0 atom stereocenters. The fourth-order valence-corrected chi connectivity index (χ4v) is 2.41. The van der Waals surface area contributed by atoms with E-state index in [-0.39, 0.29) is 17.7 Å². The predicted octanol–water partition coefficient (Wildman–Crippen LogP) is 0.875. The summed E-state index contributed by atoms with van der Waals surface area (Å²) < 4.78 is 1.27. The molecule has 0 unspecified atom stereocenters.